The minimum absolute atomic E-state index is 0.147. The van der Waals surface area contributed by atoms with Gasteiger partial charge in [-0.3, -0.25) is 0 Å². The van der Waals surface area contributed by atoms with Gasteiger partial charge in [0, 0.05) is 35.5 Å². The normalized spacial score (nSPS) is 13.6. The Balaban J connectivity index is 1.75. The highest BCUT2D eigenvalue weighted by molar-refractivity contribution is 7.11. The van der Waals surface area contributed by atoms with E-state index >= 15 is 0 Å². The molecule has 2 rings (SSSR count). The number of nitrogens with zero attached hydrogens (tertiary/aromatic N) is 1. The van der Waals surface area contributed by atoms with Gasteiger partial charge in [-0.15, -0.1) is 11.3 Å². The van der Waals surface area contributed by atoms with Gasteiger partial charge in [0.2, 0.25) is 0 Å². The predicted octanol–water partition coefficient (Wildman–Crippen LogP) is 4.14. The molecular formula is C16H24N2OS. The third-order valence-electron chi connectivity index (χ3n) is 3.22. The van der Waals surface area contributed by atoms with Crippen LogP contribution in [-0.2, 0) is 18.4 Å². The molecule has 1 unspecified atom stereocenters. The van der Waals surface area contributed by atoms with E-state index in [0.717, 1.165) is 25.1 Å². The highest BCUT2D eigenvalue weighted by atomic mass is 32.1. The SMILES string of the molecule is CC(CCc1ccco1)NCc1cnc(C(C)(C)C)s1. The number of nitrogens with one attached hydrogen (secondary N) is 1. The second-order valence-corrected chi connectivity index (χ2v) is 7.40. The third-order valence-corrected chi connectivity index (χ3v) is 4.65. The van der Waals surface area contributed by atoms with E-state index < -0.39 is 0 Å². The minimum atomic E-state index is 0.147. The van der Waals surface area contributed by atoms with Gasteiger partial charge in [0.25, 0.3) is 0 Å². The van der Waals surface area contributed by atoms with Gasteiger partial charge in [-0.2, -0.15) is 0 Å². The summed E-state index contributed by atoms with van der Waals surface area (Å²) in [6.45, 7) is 9.72. The molecule has 110 valence electrons. The molecule has 0 fully saturated rings. The Hall–Kier alpha value is -1.13. The molecule has 3 nitrogen and oxygen atoms in total. The summed E-state index contributed by atoms with van der Waals surface area (Å²) in [5.41, 5.74) is 0.147. The van der Waals surface area contributed by atoms with E-state index in [2.05, 4.69) is 38.0 Å². The fraction of sp³-hybridized carbons (Fsp3) is 0.562. The molecule has 0 spiro atoms. The molecule has 0 aliphatic rings. The van der Waals surface area contributed by atoms with Gasteiger partial charge in [-0.05, 0) is 25.5 Å². The van der Waals surface area contributed by atoms with Crippen molar-refractivity contribution in [2.45, 2.75) is 58.5 Å². The molecule has 0 aliphatic heterocycles. The first kappa shape index (κ1) is 15.3. The van der Waals surface area contributed by atoms with Crippen molar-refractivity contribution in [3.05, 3.63) is 40.2 Å². The second kappa shape index (κ2) is 6.55. The highest BCUT2D eigenvalue weighted by Crippen LogP contribution is 2.26. The van der Waals surface area contributed by atoms with E-state index in [-0.39, 0.29) is 5.41 Å². The Kier molecular flexibility index (Phi) is 5.00. The molecule has 0 radical (unpaired) electrons. The Bertz CT molecular complexity index is 511. The lowest BCUT2D eigenvalue weighted by Gasteiger charge is -2.14. The van der Waals surface area contributed by atoms with Crippen LogP contribution in [0.2, 0.25) is 0 Å². The van der Waals surface area contributed by atoms with E-state index in [1.54, 1.807) is 17.6 Å². The molecule has 0 saturated heterocycles. The largest absolute Gasteiger partial charge is 0.469 e. The summed E-state index contributed by atoms with van der Waals surface area (Å²) in [5.74, 6) is 1.06. The lowest BCUT2D eigenvalue weighted by molar-refractivity contribution is 0.460. The molecule has 0 amide bonds. The third kappa shape index (κ3) is 4.46. The molecule has 2 heterocycles. The van der Waals surface area contributed by atoms with Gasteiger partial charge in [-0.25, -0.2) is 4.98 Å². The lowest BCUT2D eigenvalue weighted by atomic mass is 9.98. The quantitative estimate of drug-likeness (QED) is 0.869. The molecule has 0 aliphatic carbocycles. The van der Waals surface area contributed by atoms with Crippen LogP contribution in [0.4, 0.5) is 0 Å². The topological polar surface area (TPSA) is 38.1 Å². The van der Waals surface area contributed by atoms with Crippen molar-refractivity contribution in [1.29, 1.82) is 0 Å². The summed E-state index contributed by atoms with van der Waals surface area (Å²) >= 11 is 1.81. The number of furan rings is 1. The number of hydrogen-bond acceptors (Lipinski definition) is 4. The van der Waals surface area contributed by atoms with E-state index in [0.29, 0.717) is 6.04 Å². The molecular weight excluding hydrogens is 268 g/mol. The van der Waals surface area contributed by atoms with Gasteiger partial charge in [0.15, 0.2) is 0 Å². The van der Waals surface area contributed by atoms with Crippen molar-refractivity contribution in [1.82, 2.24) is 10.3 Å². The summed E-state index contributed by atoms with van der Waals surface area (Å²) in [4.78, 5) is 5.82. The van der Waals surface area contributed by atoms with Crippen molar-refractivity contribution >= 4 is 11.3 Å². The lowest BCUT2D eigenvalue weighted by Crippen LogP contribution is -2.25. The van der Waals surface area contributed by atoms with Crippen molar-refractivity contribution < 1.29 is 4.42 Å². The fourth-order valence-corrected chi connectivity index (χ4v) is 2.85. The number of rotatable bonds is 6. The van der Waals surface area contributed by atoms with E-state index in [4.69, 9.17) is 4.42 Å². The number of aryl methyl sites for hydroxylation is 1. The second-order valence-electron chi connectivity index (χ2n) is 6.28. The number of aromatic nitrogens is 1. The summed E-state index contributed by atoms with van der Waals surface area (Å²) in [7, 11) is 0. The van der Waals surface area contributed by atoms with Crippen molar-refractivity contribution in [3.63, 3.8) is 0 Å². The van der Waals surface area contributed by atoms with Crippen molar-refractivity contribution in [2.24, 2.45) is 0 Å². The van der Waals surface area contributed by atoms with E-state index in [1.165, 1.54) is 9.88 Å². The number of hydrogen-bond donors (Lipinski definition) is 1. The minimum Gasteiger partial charge on any atom is -0.469 e. The van der Waals surface area contributed by atoms with Crippen LogP contribution in [0, 0.1) is 0 Å². The predicted molar refractivity (Wildman–Crippen MR) is 84.1 cm³/mol. The van der Waals surface area contributed by atoms with Gasteiger partial charge in [-0.1, -0.05) is 20.8 Å². The summed E-state index contributed by atoms with van der Waals surface area (Å²) in [5, 5.41) is 4.76. The maximum atomic E-state index is 5.35. The van der Waals surface area contributed by atoms with Gasteiger partial charge >= 0.3 is 0 Å². The standard InChI is InChI=1S/C16H24N2OS/c1-12(7-8-13-6-5-9-19-13)17-10-14-11-18-15(20-14)16(2,3)4/h5-6,9,11-12,17H,7-8,10H2,1-4H3. The van der Waals surface area contributed by atoms with Gasteiger partial charge in [0.05, 0.1) is 11.3 Å². The van der Waals surface area contributed by atoms with Crippen molar-refractivity contribution in [3.8, 4) is 0 Å². The summed E-state index contributed by atoms with van der Waals surface area (Å²) in [6, 6.07) is 4.45. The van der Waals surface area contributed by atoms with Crippen molar-refractivity contribution in [2.75, 3.05) is 0 Å². The Morgan fingerprint density at radius 2 is 2.20 bits per heavy atom. The highest BCUT2D eigenvalue weighted by Gasteiger charge is 2.18. The molecule has 2 aromatic rings. The van der Waals surface area contributed by atoms with Gasteiger partial charge < -0.3 is 9.73 Å². The zero-order valence-corrected chi connectivity index (χ0v) is 13.6. The van der Waals surface area contributed by atoms with Crippen LogP contribution in [0.25, 0.3) is 0 Å². The molecule has 1 atom stereocenters. The molecule has 20 heavy (non-hydrogen) atoms. The zero-order valence-electron chi connectivity index (χ0n) is 12.8. The first-order valence-corrected chi connectivity index (χ1v) is 7.98. The van der Waals surface area contributed by atoms with Crippen LogP contribution < -0.4 is 5.32 Å². The molecule has 0 saturated carbocycles. The first-order valence-electron chi connectivity index (χ1n) is 7.16. The first-order chi connectivity index (χ1) is 9.45. The van der Waals surface area contributed by atoms with Crippen LogP contribution in [0.15, 0.2) is 29.0 Å². The summed E-state index contributed by atoms with van der Waals surface area (Å²) in [6.07, 6.45) is 5.80. The van der Waals surface area contributed by atoms with Gasteiger partial charge in [0.1, 0.15) is 5.76 Å². The smallest absolute Gasteiger partial charge is 0.103 e. The summed E-state index contributed by atoms with van der Waals surface area (Å²) < 4.78 is 5.35. The maximum Gasteiger partial charge on any atom is 0.103 e. The van der Waals surface area contributed by atoms with Crippen LogP contribution in [-0.4, -0.2) is 11.0 Å². The number of thiazole rings is 1. The molecule has 0 aromatic carbocycles. The fourth-order valence-electron chi connectivity index (χ4n) is 1.93. The zero-order chi connectivity index (χ0) is 14.6. The van der Waals surface area contributed by atoms with Crippen LogP contribution >= 0.6 is 11.3 Å². The van der Waals surface area contributed by atoms with E-state index in [9.17, 15) is 0 Å². The van der Waals surface area contributed by atoms with Crippen LogP contribution in [0.3, 0.4) is 0 Å². The average molecular weight is 292 g/mol. The van der Waals surface area contributed by atoms with Crippen LogP contribution in [0.1, 0.15) is 49.8 Å². The maximum absolute atomic E-state index is 5.35. The van der Waals surface area contributed by atoms with E-state index in [1.807, 2.05) is 18.3 Å². The average Bonchev–Trinajstić information content (AvgIpc) is 3.04. The van der Waals surface area contributed by atoms with Crippen LogP contribution in [0.5, 0.6) is 0 Å². The Morgan fingerprint density at radius 1 is 1.40 bits per heavy atom. The molecule has 0 bridgehead atoms. The molecule has 4 heteroatoms. The molecule has 2 aromatic heterocycles. The molecule has 1 N–H and O–H groups in total. The Labute approximate surface area is 125 Å². The Morgan fingerprint density at radius 3 is 2.80 bits per heavy atom. The monoisotopic (exact) mass is 292 g/mol.